The highest BCUT2D eigenvalue weighted by atomic mass is 31.2. The summed E-state index contributed by atoms with van der Waals surface area (Å²) in [4.78, 5) is 19.3. The molecule has 0 bridgehead atoms. The largest absolute Gasteiger partial charge is 0.341 e. The van der Waals surface area contributed by atoms with Crippen LogP contribution in [0.4, 0.5) is 0 Å². The molecule has 3 nitrogen and oxygen atoms in total. The van der Waals surface area contributed by atoms with Crippen LogP contribution in [0.5, 0.6) is 0 Å². The number of hydrogen-bond acceptors (Lipinski definition) is 2. The Morgan fingerprint density at radius 2 is 2.00 bits per heavy atom. The molecule has 0 aliphatic heterocycles. The average molecular weight is 196 g/mol. The first-order valence-corrected chi connectivity index (χ1v) is 5.58. The summed E-state index contributed by atoms with van der Waals surface area (Å²) in [6.45, 7) is 0. The number of benzene rings is 1. The van der Waals surface area contributed by atoms with E-state index in [-0.39, 0.29) is 6.16 Å². The third-order valence-corrected chi connectivity index (χ3v) is 3.36. The van der Waals surface area contributed by atoms with Gasteiger partial charge < -0.3 is 4.89 Å². The Labute approximate surface area is 76.2 Å². The van der Waals surface area contributed by atoms with Crippen molar-refractivity contribution in [2.75, 3.05) is 6.16 Å². The summed E-state index contributed by atoms with van der Waals surface area (Å²) in [5.74, 6) is 1.49. The molecule has 13 heavy (non-hydrogen) atoms. The third-order valence-electron chi connectivity index (χ3n) is 1.58. The van der Waals surface area contributed by atoms with Gasteiger partial charge in [-0.3, -0.25) is 4.57 Å². The van der Waals surface area contributed by atoms with E-state index in [0.717, 1.165) is 6.08 Å². The van der Waals surface area contributed by atoms with Gasteiger partial charge in [0, 0.05) is 11.4 Å². The quantitative estimate of drug-likeness (QED) is 0.578. The van der Waals surface area contributed by atoms with E-state index >= 15 is 0 Å². The molecule has 0 saturated heterocycles. The topological polar surface area (TPSA) is 54.4 Å². The normalized spacial score (nSPS) is 14.2. The Morgan fingerprint density at radius 3 is 2.54 bits per heavy atom. The van der Waals surface area contributed by atoms with Gasteiger partial charge >= 0.3 is 0 Å². The summed E-state index contributed by atoms with van der Waals surface area (Å²) >= 11 is 0. The molecule has 0 fully saturated rings. The first-order chi connectivity index (χ1) is 6.17. The highest BCUT2D eigenvalue weighted by Gasteiger charge is 2.18. The lowest BCUT2D eigenvalue weighted by molar-refractivity contribution is 0.493. The Hall–Kier alpha value is -1.14. The van der Waals surface area contributed by atoms with E-state index in [1.807, 2.05) is 0 Å². The van der Waals surface area contributed by atoms with E-state index in [1.54, 1.807) is 30.3 Å². The van der Waals surface area contributed by atoms with E-state index in [4.69, 9.17) is 0 Å². The highest BCUT2D eigenvalue weighted by molar-refractivity contribution is 7.66. The molecule has 0 radical (unpaired) electrons. The average Bonchev–Trinajstić information content (AvgIpc) is 2.16. The van der Waals surface area contributed by atoms with Gasteiger partial charge in [0.25, 0.3) is 0 Å². The number of rotatable bonds is 3. The van der Waals surface area contributed by atoms with Gasteiger partial charge in [0.2, 0.25) is 7.37 Å². The molecule has 1 N–H and O–H groups in total. The molecule has 1 atom stereocenters. The Morgan fingerprint density at radius 1 is 1.38 bits per heavy atom. The fourth-order valence-electron chi connectivity index (χ4n) is 0.927. The predicted octanol–water partition coefficient (Wildman–Crippen LogP) is 0.970. The second kappa shape index (κ2) is 4.20. The first-order valence-electron chi connectivity index (χ1n) is 3.73. The van der Waals surface area contributed by atoms with E-state index in [1.165, 1.54) is 5.94 Å². The third kappa shape index (κ3) is 2.67. The molecule has 0 aromatic heterocycles. The van der Waals surface area contributed by atoms with Crippen LogP contribution in [-0.2, 0) is 9.36 Å². The van der Waals surface area contributed by atoms with Crippen LogP contribution in [0.15, 0.2) is 36.4 Å². The molecule has 0 aliphatic rings. The van der Waals surface area contributed by atoms with E-state index < -0.39 is 7.37 Å². The minimum absolute atomic E-state index is 0.152. The van der Waals surface area contributed by atoms with E-state index in [0.29, 0.717) is 5.30 Å². The van der Waals surface area contributed by atoms with Crippen molar-refractivity contribution in [1.29, 1.82) is 0 Å². The molecule has 0 heterocycles. The van der Waals surface area contributed by atoms with Crippen molar-refractivity contribution < 1.29 is 14.3 Å². The summed E-state index contributed by atoms with van der Waals surface area (Å²) in [6.07, 6.45) is 0.883. The molecule has 1 aromatic carbocycles. The first kappa shape index (κ1) is 9.94. The second-order valence-corrected chi connectivity index (χ2v) is 4.83. The molecule has 0 saturated carbocycles. The van der Waals surface area contributed by atoms with Crippen molar-refractivity contribution in [1.82, 2.24) is 0 Å². The maximum absolute atomic E-state index is 11.5. The molecule has 1 aromatic rings. The Kier molecular flexibility index (Phi) is 3.21. The standard InChI is InChI=1S/C9H9O3P/c10-7-4-8-13(11,12)9-5-2-1-3-6-9/h1-6H,8H2,(H,11,12). The summed E-state index contributed by atoms with van der Waals surface area (Å²) in [6, 6.07) is 8.27. The lowest BCUT2D eigenvalue weighted by Crippen LogP contribution is -2.05. The predicted molar refractivity (Wildman–Crippen MR) is 51.0 cm³/mol. The molecule has 1 rings (SSSR count). The van der Waals surface area contributed by atoms with Crippen LogP contribution < -0.4 is 5.30 Å². The molecule has 68 valence electrons. The molecule has 1 unspecified atom stereocenters. The Bertz CT molecular complexity index is 366. The monoisotopic (exact) mass is 196 g/mol. The van der Waals surface area contributed by atoms with Crippen LogP contribution in [0.2, 0.25) is 0 Å². The Balaban J connectivity index is 2.94. The van der Waals surface area contributed by atoms with Gasteiger partial charge in [-0.25, -0.2) is 4.79 Å². The molecular weight excluding hydrogens is 187 g/mol. The number of carbonyl (C=O) groups excluding carboxylic acids is 1. The van der Waals surface area contributed by atoms with Crippen LogP contribution in [0, 0.1) is 0 Å². The number of allylic oxidation sites excluding steroid dienone is 1. The van der Waals surface area contributed by atoms with E-state index in [2.05, 4.69) is 0 Å². The maximum atomic E-state index is 11.5. The fraction of sp³-hybridized carbons (Fsp3) is 0.111. The summed E-state index contributed by atoms with van der Waals surface area (Å²) in [7, 11) is -3.38. The van der Waals surface area contributed by atoms with Gasteiger partial charge in [-0.05, 0) is 12.1 Å². The minimum Gasteiger partial charge on any atom is -0.341 e. The highest BCUT2D eigenvalue weighted by Crippen LogP contribution is 2.38. The molecule has 0 spiro atoms. The summed E-state index contributed by atoms with van der Waals surface area (Å²) in [5.41, 5.74) is 0. The zero-order chi connectivity index (χ0) is 9.73. The smallest absolute Gasteiger partial charge is 0.234 e. The van der Waals surface area contributed by atoms with Crippen LogP contribution >= 0.6 is 7.37 Å². The SMILES string of the molecule is O=C=CCP(=O)(O)c1ccccc1. The fourth-order valence-corrected chi connectivity index (χ4v) is 2.10. The van der Waals surface area contributed by atoms with Gasteiger partial charge in [0.15, 0.2) is 0 Å². The van der Waals surface area contributed by atoms with Gasteiger partial charge in [0.1, 0.15) is 5.94 Å². The number of hydrogen-bond donors (Lipinski definition) is 1. The van der Waals surface area contributed by atoms with Crippen LogP contribution in [0.3, 0.4) is 0 Å². The lowest BCUT2D eigenvalue weighted by Gasteiger charge is -2.07. The van der Waals surface area contributed by atoms with Crippen LogP contribution in [-0.4, -0.2) is 17.0 Å². The van der Waals surface area contributed by atoms with Crippen LogP contribution in [0.1, 0.15) is 0 Å². The molecule has 0 amide bonds. The van der Waals surface area contributed by atoms with Gasteiger partial charge in [-0.15, -0.1) is 0 Å². The summed E-state index contributed by atoms with van der Waals surface area (Å²) in [5, 5.41) is 0.363. The van der Waals surface area contributed by atoms with Crippen molar-refractivity contribution in [2.24, 2.45) is 0 Å². The van der Waals surface area contributed by atoms with Crippen LogP contribution in [0.25, 0.3) is 0 Å². The van der Waals surface area contributed by atoms with Crippen molar-refractivity contribution in [2.45, 2.75) is 0 Å². The zero-order valence-electron chi connectivity index (χ0n) is 6.88. The maximum Gasteiger partial charge on any atom is 0.234 e. The molecular formula is C9H9O3P. The zero-order valence-corrected chi connectivity index (χ0v) is 7.78. The van der Waals surface area contributed by atoms with Crippen molar-refractivity contribution in [3.63, 3.8) is 0 Å². The van der Waals surface area contributed by atoms with Gasteiger partial charge in [-0.2, -0.15) is 0 Å². The van der Waals surface area contributed by atoms with Gasteiger partial charge in [-0.1, -0.05) is 18.2 Å². The lowest BCUT2D eigenvalue weighted by atomic mass is 10.4. The van der Waals surface area contributed by atoms with Crippen molar-refractivity contribution >= 4 is 18.6 Å². The molecule has 4 heteroatoms. The van der Waals surface area contributed by atoms with E-state index in [9.17, 15) is 14.3 Å². The second-order valence-electron chi connectivity index (χ2n) is 2.54. The minimum atomic E-state index is -3.38. The van der Waals surface area contributed by atoms with Crippen molar-refractivity contribution in [3.05, 3.63) is 36.4 Å². The van der Waals surface area contributed by atoms with Crippen molar-refractivity contribution in [3.8, 4) is 0 Å². The summed E-state index contributed by atoms with van der Waals surface area (Å²) < 4.78 is 11.5. The molecule has 0 aliphatic carbocycles. The van der Waals surface area contributed by atoms with Gasteiger partial charge in [0.05, 0.1) is 6.16 Å².